The SMILES string of the molecule is Fc1cc(-n2cnnn2)cc(F)c1[C@@H]1CO1. The third-order valence-corrected chi connectivity index (χ3v) is 2.33. The molecule has 0 aliphatic carbocycles. The number of nitrogens with zero attached hydrogens (tertiary/aromatic N) is 4. The number of ether oxygens (including phenoxy) is 1. The Bertz CT molecular complexity index is 501. The van der Waals surface area contributed by atoms with Crippen LogP contribution in [0.4, 0.5) is 8.78 Å². The van der Waals surface area contributed by atoms with Gasteiger partial charge in [0.15, 0.2) is 0 Å². The first-order chi connectivity index (χ1) is 7.75. The summed E-state index contributed by atoms with van der Waals surface area (Å²) in [6.45, 7) is 0.359. The van der Waals surface area contributed by atoms with Crippen molar-refractivity contribution in [2.24, 2.45) is 0 Å². The van der Waals surface area contributed by atoms with Crippen molar-refractivity contribution in [2.45, 2.75) is 6.10 Å². The van der Waals surface area contributed by atoms with Crippen LogP contribution in [0.3, 0.4) is 0 Å². The molecule has 1 aromatic heterocycles. The van der Waals surface area contributed by atoms with Gasteiger partial charge in [-0.15, -0.1) is 5.10 Å². The summed E-state index contributed by atoms with van der Waals surface area (Å²) in [6.07, 6.45) is 0.810. The quantitative estimate of drug-likeness (QED) is 0.714. The Labute approximate surface area is 88.6 Å². The molecule has 0 radical (unpaired) electrons. The molecule has 1 saturated heterocycles. The monoisotopic (exact) mass is 224 g/mol. The van der Waals surface area contributed by atoms with E-state index in [4.69, 9.17) is 4.74 Å². The second-order valence-corrected chi connectivity index (χ2v) is 3.40. The van der Waals surface area contributed by atoms with Crippen LogP contribution >= 0.6 is 0 Å². The number of hydrogen-bond acceptors (Lipinski definition) is 4. The zero-order valence-electron chi connectivity index (χ0n) is 7.97. The lowest BCUT2D eigenvalue weighted by Crippen LogP contribution is -2.01. The first-order valence-electron chi connectivity index (χ1n) is 4.59. The van der Waals surface area contributed by atoms with Crippen molar-refractivity contribution in [3.8, 4) is 5.69 Å². The lowest BCUT2D eigenvalue weighted by molar-refractivity contribution is 0.397. The Morgan fingerprint density at radius 1 is 1.31 bits per heavy atom. The molecule has 0 spiro atoms. The summed E-state index contributed by atoms with van der Waals surface area (Å²) in [7, 11) is 0. The van der Waals surface area contributed by atoms with Gasteiger partial charge < -0.3 is 4.74 Å². The topological polar surface area (TPSA) is 56.1 Å². The molecule has 2 heterocycles. The molecule has 5 nitrogen and oxygen atoms in total. The highest BCUT2D eigenvalue weighted by molar-refractivity contribution is 5.37. The number of benzene rings is 1. The van der Waals surface area contributed by atoms with Crippen molar-refractivity contribution in [2.75, 3.05) is 6.61 Å². The summed E-state index contributed by atoms with van der Waals surface area (Å²) in [6, 6.07) is 2.35. The Balaban J connectivity index is 2.09. The molecule has 1 aliphatic rings. The molecule has 0 saturated carbocycles. The van der Waals surface area contributed by atoms with Gasteiger partial charge in [-0.25, -0.2) is 13.5 Å². The molecule has 0 N–H and O–H groups in total. The maximum Gasteiger partial charge on any atom is 0.143 e. The average molecular weight is 224 g/mol. The summed E-state index contributed by atoms with van der Waals surface area (Å²) in [5, 5.41) is 10.3. The molecule has 2 aromatic rings. The summed E-state index contributed by atoms with van der Waals surface area (Å²) in [5.74, 6) is -1.29. The van der Waals surface area contributed by atoms with Crippen molar-refractivity contribution in [1.82, 2.24) is 20.2 Å². The van der Waals surface area contributed by atoms with Gasteiger partial charge in [0.25, 0.3) is 0 Å². The van der Waals surface area contributed by atoms with Crippen LogP contribution in [-0.2, 0) is 4.74 Å². The fourth-order valence-electron chi connectivity index (χ4n) is 1.51. The van der Waals surface area contributed by atoms with Crippen molar-refractivity contribution >= 4 is 0 Å². The van der Waals surface area contributed by atoms with Gasteiger partial charge in [-0.2, -0.15) is 0 Å². The van der Waals surface area contributed by atoms with Gasteiger partial charge in [-0.1, -0.05) is 0 Å². The summed E-state index contributed by atoms with van der Waals surface area (Å²) in [5.41, 5.74) is 0.209. The minimum atomic E-state index is -0.645. The molecule has 3 rings (SSSR count). The Hall–Kier alpha value is -1.89. The smallest absolute Gasteiger partial charge is 0.143 e. The predicted octanol–water partition coefficient (Wildman–Crippen LogP) is 1.01. The molecule has 1 aliphatic heterocycles. The second kappa shape index (κ2) is 3.31. The highest BCUT2D eigenvalue weighted by Crippen LogP contribution is 2.34. The summed E-state index contributed by atoms with van der Waals surface area (Å²) in [4.78, 5) is 0. The predicted molar refractivity (Wildman–Crippen MR) is 47.8 cm³/mol. The van der Waals surface area contributed by atoms with E-state index in [0.717, 1.165) is 0 Å². The fourth-order valence-corrected chi connectivity index (χ4v) is 1.51. The lowest BCUT2D eigenvalue weighted by atomic mass is 10.1. The van der Waals surface area contributed by atoms with Crippen molar-refractivity contribution < 1.29 is 13.5 Å². The minimum Gasteiger partial charge on any atom is -0.368 e. The number of tetrazole rings is 1. The van der Waals surface area contributed by atoms with Crippen LogP contribution in [0, 0.1) is 11.6 Å². The Kier molecular flexibility index (Phi) is 1.93. The maximum absolute atomic E-state index is 13.6. The van der Waals surface area contributed by atoms with E-state index in [1.807, 2.05) is 0 Å². The molecule has 0 unspecified atom stereocenters. The Morgan fingerprint density at radius 3 is 2.50 bits per heavy atom. The molecule has 1 atom stereocenters. The van der Waals surface area contributed by atoms with E-state index in [1.165, 1.54) is 23.1 Å². The zero-order valence-corrected chi connectivity index (χ0v) is 7.97. The Morgan fingerprint density at radius 2 is 2.00 bits per heavy atom. The highest BCUT2D eigenvalue weighted by Gasteiger charge is 2.31. The first-order valence-corrected chi connectivity index (χ1v) is 4.59. The molecule has 1 aromatic carbocycles. The molecule has 0 bridgehead atoms. The van der Waals surface area contributed by atoms with Crippen LogP contribution < -0.4 is 0 Å². The molecule has 82 valence electrons. The largest absolute Gasteiger partial charge is 0.368 e. The van der Waals surface area contributed by atoms with Gasteiger partial charge in [-0.3, -0.25) is 0 Å². The minimum absolute atomic E-state index is 0.0307. The van der Waals surface area contributed by atoms with Gasteiger partial charge >= 0.3 is 0 Å². The molecule has 7 heteroatoms. The van der Waals surface area contributed by atoms with Gasteiger partial charge in [0.05, 0.1) is 17.9 Å². The van der Waals surface area contributed by atoms with Crippen molar-refractivity contribution in [3.05, 3.63) is 35.7 Å². The molecular formula is C9H6F2N4O. The number of aromatic nitrogens is 4. The van der Waals surface area contributed by atoms with E-state index in [-0.39, 0.29) is 11.3 Å². The summed E-state index contributed by atoms with van der Waals surface area (Å²) >= 11 is 0. The third-order valence-electron chi connectivity index (χ3n) is 2.33. The van der Waals surface area contributed by atoms with Gasteiger partial charge in [0.1, 0.15) is 24.1 Å². The number of halogens is 2. The van der Waals surface area contributed by atoms with Crippen molar-refractivity contribution in [3.63, 3.8) is 0 Å². The average Bonchev–Trinajstić information content (AvgIpc) is 2.92. The van der Waals surface area contributed by atoms with E-state index in [0.29, 0.717) is 6.61 Å². The molecule has 1 fully saturated rings. The lowest BCUT2D eigenvalue weighted by Gasteiger charge is -2.04. The standard InChI is InChI=1S/C9H6F2N4O/c10-6-1-5(15-4-12-13-14-15)2-7(11)9(6)8-3-16-8/h1-2,4,8H,3H2/t8-/m0/s1. The van der Waals surface area contributed by atoms with Gasteiger partial charge in [-0.05, 0) is 10.4 Å². The zero-order chi connectivity index (χ0) is 11.1. The van der Waals surface area contributed by atoms with E-state index < -0.39 is 17.7 Å². The fraction of sp³-hybridized carbons (Fsp3) is 0.222. The summed E-state index contributed by atoms with van der Waals surface area (Å²) < 4.78 is 33.2. The highest BCUT2D eigenvalue weighted by atomic mass is 19.1. The van der Waals surface area contributed by atoms with Crippen LogP contribution in [0.1, 0.15) is 11.7 Å². The van der Waals surface area contributed by atoms with E-state index in [2.05, 4.69) is 15.5 Å². The normalized spacial score (nSPS) is 18.8. The molecule has 0 amide bonds. The number of epoxide rings is 1. The van der Waals surface area contributed by atoms with Crippen LogP contribution in [0.5, 0.6) is 0 Å². The number of hydrogen-bond donors (Lipinski definition) is 0. The molecular weight excluding hydrogens is 218 g/mol. The van der Waals surface area contributed by atoms with Crippen LogP contribution in [0.15, 0.2) is 18.5 Å². The van der Waals surface area contributed by atoms with Gasteiger partial charge in [0.2, 0.25) is 0 Å². The number of rotatable bonds is 2. The van der Waals surface area contributed by atoms with Crippen LogP contribution in [0.2, 0.25) is 0 Å². The first kappa shape index (κ1) is 9.34. The second-order valence-electron chi connectivity index (χ2n) is 3.40. The van der Waals surface area contributed by atoms with E-state index in [1.54, 1.807) is 0 Å². The van der Waals surface area contributed by atoms with E-state index in [9.17, 15) is 8.78 Å². The maximum atomic E-state index is 13.6. The third kappa shape index (κ3) is 1.45. The van der Waals surface area contributed by atoms with E-state index >= 15 is 0 Å². The van der Waals surface area contributed by atoms with Gasteiger partial charge in [0, 0.05) is 12.1 Å². The molecule has 16 heavy (non-hydrogen) atoms. The van der Waals surface area contributed by atoms with Crippen LogP contribution in [0.25, 0.3) is 5.69 Å². The van der Waals surface area contributed by atoms with Crippen LogP contribution in [-0.4, -0.2) is 26.8 Å². The van der Waals surface area contributed by atoms with Crippen molar-refractivity contribution in [1.29, 1.82) is 0 Å².